The maximum Gasteiger partial charge on any atom is 0.361 e. The van der Waals surface area contributed by atoms with Crippen molar-refractivity contribution in [3.8, 4) is 0 Å². The molecule has 0 rings (SSSR count). The van der Waals surface area contributed by atoms with Gasteiger partial charge in [-0.3, -0.25) is 9.59 Å². The molecule has 0 amide bonds. The van der Waals surface area contributed by atoms with Crippen molar-refractivity contribution in [1.82, 2.24) is 0 Å². The Labute approximate surface area is 434 Å². The summed E-state index contributed by atoms with van der Waals surface area (Å²) in [5.74, 6) is -2.05. The van der Waals surface area contributed by atoms with Crippen LogP contribution in [0.4, 0.5) is 0 Å². The standard InChI is InChI=1S/C62H101NO8/c1-6-8-10-12-14-16-18-19-20-21-22-23-24-25-26-27-28-29-30-31-32-33-34-35-36-37-38-39-40-41-43-45-47-49-51-53-60(65)71-58(57-70-62(61(66)67)68-55-54-63(3,4)5)56-69-59(64)52-50-48-46-44-42-17-15-13-11-9-7-2/h8,10,13-16,19-20,22-23,25-26,28-29,31-32,34-35,37-38,58,62H,6-7,9,11-12,17-18,21,24,27,30,33,36,39-57H2,1-5H3/p+1/b10-8-,15-13-,16-14-,20-19-,23-22-,26-25-,29-28-,32-31-,35-34-,38-37-. The second-order valence-electron chi connectivity index (χ2n) is 19.2. The lowest BCUT2D eigenvalue weighted by Gasteiger charge is -2.25. The number of aliphatic carboxylic acids is 1. The van der Waals surface area contributed by atoms with Crippen LogP contribution in [0.1, 0.15) is 194 Å². The minimum atomic E-state index is -1.52. The highest BCUT2D eigenvalue weighted by Gasteiger charge is 2.25. The predicted molar refractivity (Wildman–Crippen MR) is 299 cm³/mol. The van der Waals surface area contributed by atoms with Gasteiger partial charge in [-0.25, -0.2) is 4.79 Å². The van der Waals surface area contributed by atoms with Crippen LogP contribution in [0, 0.1) is 0 Å². The van der Waals surface area contributed by atoms with Gasteiger partial charge in [0.15, 0.2) is 6.10 Å². The molecule has 0 aromatic heterocycles. The van der Waals surface area contributed by atoms with Gasteiger partial charge in [-0.2, -0.15) is 0 Å². The number of unbranched alkanes of at least 4 members (excludes halogenated alkanes) is 14. The van der Waals surface area contributed by atoms with Crippen molar-refractivity contribution in [3.63, 3.8) is 0 Å². The Morgan fingerprint density at radius 1 is 0.437 bits per heavy atom. The first-order chi connectivity index (χ1) is 34.6. The smallest absolute Gasteiger partial charge is 0.361 e. The summed E-state index contributed by atoms with van der Waals surface area (Å²) >= 11 is 0. The van der Waals surface area contributed by atoms with Crippen LogP contribution in [0.25, 0.3) is 0 Å². The molecule has 2 unspecified atom stereocenters. The fraction of sp³-hybridized carbons (Fsp3) is 0.629. The van der Waals surface area contributed by atoms with Crippen molar-refractivity contribution in [2.24, 2.45) is 0 Å². The normalized spacial score (nSPS) is 13.8. The molecule has 1 N–H and O–H groups in total. The van der Waals surface area contributed by atoms with E-state index in [1.54, 1.807) is 0 Å². The number of carboxylic acid groups (broad SMARTS) is 1. The van der Waals surface area contributed by atoms with E-state index in [4.69, 9.17) is 18.9 Å². The number of carboxylic acids is 1. The molecule has 9 heteroatoms. The molecule has 0 aliphatic carbocycles. The van der Waals surface area contributed by atoms with Gasteiger partial charge in [0.2, 0.25) is 0 Å². The van der Waals surface area contributed by atoms with Crippen molar-refractivity contribution in [2.45, 2.75) is 206 Å². The van der Waals surface area contributed by atoms with Gasteiger partial charge in [0.05, 0.1) is 34.4 Å². The molecule has 0 fully saturated rings. The number of carbonyl (C=O) groups excluding carboxylic acids is 2. The topological polar surface area (TPSA) is 108 Å². The fourth-order valence-corrected chi connectivity index (χ4v) is 6.93. The Hall–Kier alpha value is -4.31. The molecule has 0 aliphatic heterocycles. The van der Waals surface area contributed by atoms with Crippen LogP contribution in [0.2, 0.25) is 0 Å². The maximum absolute atomic E-state index is 12.8. The molecule has 0 saturated heterocycles. The lowest BCUT2D eigenvalue weighted by Crippen LogP contribution is -2.40. The molecule has 9 nitrogen and oxygen atoms in total. The molecule has 71 heavy (non-hydrogen) atoms. The molecule has 402 valence electrons. The number of carbonyl (C=O) groups is 3. The lowest BCUT2D eigenvalue weighted by atomic mass is 10.1. The molecule has 0 aliphatic rings. The first kappa shape index (κ1) is 66.7. The first-order valence-electron chi connectivity index (χ1n) is 27.7. The zero-order valence-electron chi connectivity index (χ0n) is 45.6. The Balaban J connectivity index is 4.23. The summed E-state index contributed by atoms with van der Waals surface area (Å²) in [5, 5.41) is 9.66. The molecule has 0 radical (unpaired) electrons. The zero-order chi connectivity index (χ0) is 52.0. The zero-order valence-corrected chi connectivity index (χ0v) is 45.6. The van der Waals surface area contributed by atoms with E-state index in [9.17, 15) is 19.5 Å². The minimum Gasteiger partial charge on any atom is -0.477 e. The second-order valence-corrected chi connectivity index (χ2v) is 19.2. The number of likely N-dealkylation sites (N-methyl/N-ethyl adjacent to an activating group) is 1. The number of ether oxygens (including phenoxy) is 4. The third kappa shape index (κ3) is 53.3. The van der Waals surface area contributed by atoms with Gasteiger partial charge in [-0.1, -0.05) is 200 Å². The minimum absolute atomic E-state index is 0.178. The van der Waals surface area contributed by atoms with Crippen LogP contribution < -0.4 is 0 Å². The number of esters is 2. The van der Waals surface area contributed by atoms with Gasteiger partial charge in [-0.15, -0.1) is 0 Å². The van der Waals surface area contributed by atoms with Crippen molar-refractivity contribution in [2.75, 3.05) is 47.5 Å². The van der Waals surface area contributed by atoms with Crippen molar-refractivity contribution in [3.05, 3.63) is 122 Å². The summed E-state index contributed by atoms with van der Waals surface area (Å²) in [6, 6.07) is 0. The van der Waals surface area contributed by atoms with E-state index in [2.05, 4.69) is 135 Å². The van der Waals surface area contributed by atoms with E-state index in [-0.39, 0.29) is 38.6 Å². The van der Waals surface area contributed by atoms with Crippen LogP contribution in [0.15, 0.2) is 122 Å². The third-order valence-electron chi connectivity index (χ3n) is 11.2. The van der Waals surface area contributed by atoms with E-state index < -0.39 is 24.3 Å². The molecule has 0 heterocycles. The van der Waals surface area contributed by atoms with E-state index in [0.717, 1.165) is 128 Å². The number of nitrogens with zero attached hydrogens (tertiary/aromatic N) is 1. The van der Waals surface area contributed by atoms with Crippen LogP contribution in [-0.4, -0.2) is 87.4 Å². The van der Waals surface area contributed by atoms with Gasteiger partial charge < -0.3 is 28.5 Å². The molecule has 2 atom stereocenters. The number of allylic oxidation sites excluding steroid dienone is 20. The number of quaternary nitrogens is 1. The summed E-state index contributed by atoms with van der Waals surface area (Å²) in [5.41, 5.74) is 0. The Bertz CT molecular complexity index is 1570. The monoisotopic (exact) mass is 989 g/mol. The van der Waals surface area contributed by atoms with E-state index in [1.165, 1.54) is 32.1 Å². The Kier molecular flexibility index (Phi) is 48.9. The van der Waals surface area contributed by atoms with Gasteiger partial charge in [0.1, 0.15) is 13.2 Å². The Morgan fingerprint density at radius 3 is 1.21 bits per heavy atom. The Morgan fingerprint density at radius 2 is 0.803 bits per heavy atom. The summed E-state index contributed by atoms with van der Waals surface area (Å²) in [4.78, 5) is 37.2. The number of hydrogen-bond acceptors (Lipinski definition) is 7. The summed E-state index contributed by atoms with van der Waals surface area (Å²) in [6.45, 7) is 4.67. The summed E-state index contributed by atoms with van der Waals surface area (Å²) in [6.07, 6.45) is 70.0. The molecule has 0 saturated carbocycles. The lowest BCUT2D eigenvalue weighted by molar-refractivity contribution is -0.870. The highest BCUT2D eigenvalue weighted by atomic mass is 16.7. The van der Waals surface area contributed by atoms with Gasteiger partial charge >= 0.3 is 17.9 Å². The van der Waals surface area contributed by atoms with Crippen molar-refractivity contribution in [1.29, 1.82) is 0 Å². The third-order valence-corrected chi connectivity index (χ3v) is 11.2. The predicted octanol–water partition coefficient (Wildman–Crippen LogP) is 16.1. The molecule has 0 spiro atoms. The summed E-state index contributed by atoms with van der Waals surface area (Å²) < 4.78 is 22.8. The average molecular weight is 989 g/mol. The molecule has 0 bridgehead atoms. The molecule has 0 aromatic carbocycles. The maximum atomic E-state index is 12.8. The number of rotatable bonds is 49. The largest absolute Gasteiger partial charge is 0.477 e. The molecular weight excluding hydrogens is 887 g/mol. The van der Waals surface area contributed by atoms with Gasteiger partial charge in [0, 0.05) is 12.8 Å². The average Bonchev–Trinajstić information content (AvgIpc) is 3.34. The van der Waals surface area contributed by atoms with E-state index in [0.29, 0.717) is 17.4 Å². The summed E-state index contributed by atoms with van der Waals surface area (Å²) in [7, 11) is 5.94. The highest BCUT2D eigenvalue weighted by molar-refractivity contribution is 5.71. The first-order valence-corrected chi connectivity index (χ1v) is 27.7. The highest BCUT2D eigenvalue weighted by Crippen LogP contribution is 2.13. The SMILES string of the molecule is CC/C=C\C/C=C\C/C=C\C/C=C\C/C=C\C/C=C\C/C=C\C/C=C\C/C=C\CCCCCCCCCC(=O)OC(COC(=O)CCCCCCC/C=C\CCCC)COC(OCC[N+](C)(C)C)C(=O)O. The van der Waals surface area contributed by atoms with Crippen LogP contribution >= 0.6 is 0 Å². The second kappa shape index (κ2) is 52.0. The molecular formula is C62H102NO8+. The number of hydrogen-bond donors (Lipinski definition) is 1. The van der Waals surface area contributed by atoms with Crippen molar-refractivity contribution >= 4 is 17.9 Å². The van der Waals surface area contributed by atoms with Crippen molar-refractivity contribution < 1.29 is 42.9 Å². The van der Waals surface area contributed by atoms with Crippen LogP contribution in [-0.2, 0) is 33.3 Å². The quantitative estimate of drug-likeness (QED) is 0.0211. The molecule has 0 aromatic rings. The van der Waals surface area contributed by atoms with E-state index >= 15 is 0 Å². The fourth-order valence-electron chi connectivity index (χ4n) is 6.93. The van der Waals surface area contributed by atoms with E-state index in [1.807, 2.05) is 21.1 Å². The van der Waals surface area contributed by atoms with Gasteiger partial charge in [0.25, 0.3) is 6.29 Å². The van der Waals surface area contributed by atoms with Crippen LogP contribution in [0.5, 0.6) is 0 Å². The van der Waals surface area contributed by atoms with Gasteiger partial charge in [-0.05, 0) is 103 Å². The van der Waals surface area contributed by atoms with Crippen LogP contribution in [0.3, 0.4) is 0 Å².